The van der Waals surface area contributed by atoms with Crippen molar-refractivity contribution in [3.05, 3.63) is 24.3 Å². The van der Waals surface area contributed by atoms with E-state index in [1.807, 2.05) is 45.0 Å². The summed E-state index contributed by atoms with van der Waals surface area (Å²) >= 11 is 1.26. The Bertz CT molecular complexity index is 672. The molecule has 1 aromatic heterocycles. The van der Waals surface area contributed by atoms with Gasteiger partial charge in [0.25, 0.3) is 0 Å². The van der Waals surface area contributed by atoms with Crippen molar-refractivity contribution in [3.8, 4) is 17.1 Å². The van der Waals surface area contributed by atoms with Gasteiger partial charge in [0, 0.05) is 11.6 Å². The molecule has 0 bridgehead atoms. The van der Waals surface area contributed by atoms with Crippen LogP contribution >= 0.6 is 11.8 Å². The minimum Gasteiger partial charge on any atom is -0.494 e. The van der Waals surface area contributed by atoms with E-state index in [4.69, 9.17) is 10.6 Å². The van der Waals surface area contributed by atoms with Gasteiger partial charge in [-0.1, -0.05) is 18.7 Å². The lowest BCUT2D eigenvalue weighted by molar-refractivity contribution is -0.119. The molecule has 0 saturated heterocycles. The topological polar surface area (TPSA) is 95.1 Å². The first kappa shape index (κ1) is 18.1. The van der Waals surface area contributed by atoms with Crippen LogP contribution in [0.1, 0.15) is 27.2 Å². The molecule has 7 nitrogen and oxygen atoms in total. The summed E-state index contributed by atoms with van der Waals surface area (Å²) in [5, 5.41) is 11.6. The Labute approximate surface area is 145 Å². The van der Waals surface area contributed by atoms with E-state index in [2.05, 4.69) is 15.5 Å². The maximum atomic E-state index is 11.8. The van der Waals surface area contributed by atoms with E-state index in [9.17, 15) is 4.79 Å². The second-order valence-corrected chi connectivity index (χ2v) is 6.24. The molecule has 1 aromatic carbocycles. The first-order chi connectivity index (χ1) is 11.5. The number of amides is 1. The fourth-order valence-electron chi connectivity index (χ4n) is 1.99. The van der Waals surface area contributed by atoms with E-state index in [1.54, 1.807) is 0 Å². The largest absolute Gasteiger partial charge is 0.494 e. The Balaban J connectivity index is 2.01. The molecule has 1 atom stereocenters. The molecule has 2 rings (SSSR count). The number of benzene rings is 1. The van der Waals surface area contributed by atoms with Crippen LogP contribution in [0.4, 0.5) is 0 Å². The Morgan fingerprint density at radius 3 is 2.67 bits per heavy atom. The average molecular weight is 349 g/mol. The monoisotopic (exact) mass is 349 g/mol. The summed E-state index contributed by atoms with van der Waals surface area (Å²) in [6.45, 7) is 6.55. The van der Waals surface area contributed by atoms with Crippen molar-refractivity contribution < 1.29 is 9.53 Å². The maximum absolute atomic E-state index is 11.8. The lowest BCUT2D eigenvalue weighted by atomic mass is 10.2. The van der Waals surface area contributed by atoms with Crippen molar-refractivity contribution in [3.63, 3.8) is 0 Å². The van der Waals surface area contributed by atoms with Crippen LogP contribution < -0.4 is 15.9 Å². The molecule has 2 aromatic rings. The summed E-state index contributed by atoms with van der Waals surface area (Å²) < 4.78 is 6.81. The van der Waals surface area contributed by atoms with E-state index < -0.39 is 0 Å². The van der Waals surface area contributed by atoms with Crippen LogP contribution in [-0.2, 0) is 4.79 Å². The summed E-state index contributed by atoms with van der Waals surface area (Å²) in [5.74, 6) is 7.60. The molecule has 0 saturated carbocycles. The molecule has 0 radical (unpaired) electrons. The van der Waals surface area contributed by atoms with Crippen LogP contribution in [0.15, 0.2) is 29.4 Å². The summed E-state index contributed by atoms with van der Waals surface area (Å²) in [7, 11) is 0. The first-order valence-corrected chi connectivity index (χ1v) is 8.89. The highest BCUT2D eigenvalue weighted by molar-refractivity contribution is 7.99. The molecule has 0 fully saturated rings. The number of hydrogen-bond acceptors (Lipinski definition) is 6. The van der Waals surface area contributed by atoms with Crippen molar-refractivity contribution >= 4 is 17.7 Å². The van der Waals surface area contributed by atoms with Crippen molar-refractivity contribution in [1.29, 1.82) is 0 Å². The summed E-state index contributed by atoms with van der Waals surface area (Å²) in [5.41, 5.74) is 0.837. The van der Waals surface area contributed by atoms with E-state index in [1.165, 1.54) is 16.4 Å². The highest BCUT2D eigenvalue weighted by Crippen LogP contribution is 2.23. The van der Waals surface area contributed by atoms with Crippen molar-refractivity contribution in [2.45, 2.75) is 38.4 Å². The van der Waals surface area contributed by atoms with Gasteiger partial charge in [-0.25, -0.2) is 4.68 Å². The molecule has 24 heavy (non-hydrogen) atoms. The van der Waals surface area contributed by atoms with Gasteiger partial charge in [0.1, 0.15) is 5.75 Å². The first-order valence-electron chi connectivity index (χ1n) is 7.91. The smallest absolute Gasteiger partial charge is 0.230 e. The van der Waals surface area contributed by atoms with Crippen LogP contribution in [0.3, 0.4) is 0 Å². The maximum Gasteiger partial charge on any atom is 0.230 e. The fourth-order valence-corrected chi connectivity index (χ4v) is 2.66. The van der Waals surface area contributed by atoms with Crippen LogP contribution in [0, 0.1) is 0 Å². The standard InChI is InChI=1S/C16H23N5O2S/c1-4-11(3)18-14(22)10-24-16-20-19-15(21(16)17)12-6-8-13(9-7-12)23-5-2/h6-9,11H,4-5,10,17H2,1-3H3,(H,18,22)/t11-/m0/s1. The minimum atomic E-state index is -0.0417. The number of rotatable bonds is 8. The molecule has 8 heteroatoms. The Morgan fingerprint density at radius 2 is 2.04 bits per heavy atom. The van der Waals surface area contributed by atoms with Crippen LogP contribution in [0.2, 0.25) is 0 Å². The highest BCUT2D eigenvalue weighted by atomic mass is 32.2. The number of nitrogens with zero attached hydrogens (tertiary/aromatic N) is 3. The predicted octanol–water partition coefficient (Wildman–Crippen LogP) is 2.06. The number of ether oxygens (including phenoxy) is 1. The molecular formula is C16H23N5O2S. The number of hydrogen-bond donors (Lipinski definition) is 2. The van der Waals surface area contributed by atoms with E-state index in [-0.39, 0.29) is 17.7 Å². The van der Waals surface area contributed by atoms with Crippen molar-refractivity contribution in [1.82, 2.24) is 20.2 Å². The molecule has 0 aliphatic carbocycles. The van der Waals surface area contributed by atoms with Crippen LogP contribution in [0.25, 0.3) is 11.4 Å². The zero-order chi connectivity index (χ0) is 17.5. The Morgan fingerprint density at radius 1 is 1.33 bits per heavy atom. The molecule has 3 N–H and O–H groups in total. The van der Waals surface area contributed by atoms with Gasteiger partial charge in [-0.05, 0) is 44.5 Å². The molecule has 130 valence electrons. The molecule has 1 heterocycles. The second-order valence-electron chi connectivity index (χ2n) is 5.30. The number of carbonyl (C=O) groups is 1. The van der Waals surface area contributed by atoms with Gasteiger partial charge in [0.05, 0.1) is 12.4 Å². The van der Waals surface area contributed by atoms with Gasteiger partial charge in [-0.15, -0.1) is 10.2 Å². The summed E-state index contributed by atoms with van der Waals surface area (Å²) in [4.78, 5) is 11.8. The van der Waals surface area contributed by atoms with E-state index in [0.29, 0.717) is 17.6 Å². The average Bonchev–Trinajstić information content (AvgIpc) is 2.94. The lowest BCUT2D eigenvalue weighted by Crippen LogP contribution is -2.33. The van der Waals surface area contributed by atoms with Gasteiger partial charge in [-0.3, -0.25) is 4.79 Å². The molecule has 0 aliphatic rings. The molecular weight excluding hydrogens is 326 g/mol. The summed E-state index contributed by atoms with van der Waals surface area (Å²) in [6.07, 6.45) is 0.894. The number of nitrogen functional groups attached to an aromatic ring is 1. The van der Waals surface area contributed by atoms with Crippen molar-refractivity contribution in [2.75, 3.05) is 18.2 Å². The van der Waals surface area contributed by atoms with E-state index in [0.717, 1.165) is 17.7 Å². The van der Waals surface area contributed by atoms with Crippen molar-refractivity contribution in [2.24, 2.45) is 0 Å². The third kappa shape index (κ3) is 4.64. The fraction of sp³-hybridized carbons (Fsp3) is 0.438. The number of nitrogens with one attached hydrogen (secondary N) is 1. The normalized spacial score (nSPS) is 12.0. The van der Waals surface area contributed by atoms with Crippen LogP contribution in [0.5, 0.6) is 5.75 Å². The summed E-state index contributed by atoms with van der Waals surface area (Å²) in [6, 6.07) is 7.64. The Hall–Kier alpha value is -2.22. The quantitative estimate of drug-likeness (QED) is 0.559. The van der Waals surface area contributed by atoms with Gasteiger partial charge >= 0.3 is 0 Å². The third-order valence-corrected chi connectivity index (χ3v) is 4.38. The molecule has 0 unspecified atom stereocenters. The number of nitrogens with two attached hydrogens (primary N) is 1. The highest BCUT2D eigenvalue weighted by Gasteiger charge is 2.14. The predicted molar refractivity (Wildman–Crippen MR) is 95.4 cm³/mol. The van der Waals surface area contributed by atoms with Gasteiger partial charge in [0.15, 0.2) is 5.82 Å². The van der Waals surface area contributed by atoms with E-state index >= 15 is 0 Å². The SMILES string of the molecule is CCOc1ccc(-c2nnc(SCC(=O)N[C@@H](C)CC)n2N)cc1. The Kier molecular flexibility index (Phi) is 6.48. The lowest BCUT2D eigenvalue weighted by Gasteiger charge is -2.10. The number of carbonyl (C=O) groups excluding carboxylic acids is 1. The molecule has 0 spiro atoms. The third-order valence-electron chi connectivity index (χ3n) is 3.44. The van der Waals surface area contributed by atoms with Crippen LogP contribution in [-0.4, -0.2) is 39.2 Å². The zero-order valence-corrected chi connectivity index (χ0v) is 15.0. The number of aromatic nitrogens is 3. The van der Waals surface area contributed by atoms with Gasteiger partial charge in [-0.2, -0.15) is 0 Å². The zero-order valence-electron chi connectivity index (χ0n) is 14.2. The number of thioether (sulfide) groups is 1. The van der Waals surface area contributed by atoms with Gasteiger partial charge in [0.2, 0.25) is 11.1 Å². The minimum absolute atomic E-state index is 0.0417. The second kappa shape index (κ2) is 8.58. The molecule has 0 aliphatic heterocycles. The van der Waals surface area contributed by atoms with Gasteiger partial charge < -0.3 is 15.9 Å². The molecule has 1 amide bonds.